The zero-order valence-electron chi connectivity index (χ0n) is 38.1. The van der Waals surface area contributed by atoms with Crippen LogP contribution in [0.25, 0.3) is 22.3 Å². The molecule has 1 unspecified atom stereocenters. The molecular formula is C45H63N6O11PS. The van der Waals surface area contributed by atoms with Gasteiger partial charge in [0.25, 0.3) is 0 Å². The summed E-state index contributed by atoms with van der Waals surface area (Å²) in [6, 6.07) is 4.88. The summed E-state index contributed by atoms with van der Waals surface area (Å²) in [7, 11) is -3.54. The van der Waals surface area contributed by atoms with Crippen LogP contribution in [0.5, 0.6) is 11.5 Å². The summed E-state index contributed by atoms with van der Waals surface area (Å²) in [5, 5.41) is 12.2. The van der Waals surface area contributed by atoms with Crippen molar-refractivity contribution in [3.05, 3.63) is 42.3 Å². The van der Waals surface area contributed by atoms with E-state index in [0.29, 0.717) is 45.3 Å². The second-order valence-electron chi connectivity index (χ2n) is 17.7. The highest BCUT2D eigenvalue weighted by molar-refractivity contribution is 7.53. The number of thiazole rings is 1. The van der Waals surface area contributed by atoms with E-state index in [0.717, 1.165) is 25.7 Å². The first kappa shape index (κ1) is 48.7. The Morgan fingerprint density at radius 1 is 1.02 bits per heavy atom. The van der Waals surface area contributed by atoms with E-state index in [1.54, 1.807) is 51.1 Å². The fraction of sp³-hybridized carbons (Fsp3) is 0.600. The molecule has 2 aliphatic carbocycles. The largest absolute Gasteiger partial charge is 0.488 e. The SMILES string of the molecule is C=C[C@@H]1C[C@]1(NC(=O)[C@@H]1C[C@@H](Oc2cc(-c3csc(NC(C)C)n3)nc3cc(OCP(=O)(OCC)OCC)ccc23)CN1C(=O)C(NC(=O)OC1CCCC1)C(C)(C)C)C(=O)OCC. The number of carbonyl (C=O) groups excluding carboxylic acids is 4. The van der Waals surface area contributed by atoms with Crippen molar-refractivity contribution in [2.45, 2.75) is 130 Å². The molecule has 19 heteroatoms. The number of carbonyl (C=O) groups is 4. The highest BCUT2D eigenvalue weighted by atomic mass is 32.1. The quantitative estimate of drug-likeness (QED) is 0.0561. The van der Waals surface area contributed by atoms with Crippen LogP contribution in [0.2, 0.25) is 0 Å². The molecule has 17 nitrogen and oxygen atoms in total. The fourth-order valence-corrected chi connectivity index (χ4v) is 10.3. The van der Waals surface area contributed by atoms with Crippen molar-refractivity contribution < 1.29 is 51.7 Å². The molecule has 1 saturated heterocycles. The summed E-state index contributed by atoms with van der Waals surface area (Å²) in [6.07, 6.45) is 3.39. The normalized spacial score (nSPS) is 21.6. The lowest BCUT2D eigenvalue weighted by molar-refractivity contribution is -0.150. The van der Waals surface area contributed by atoms with E-state index in [1.807, 2.05) is 40.0 Å². The third-order valence-electron chi connectivity index (χ3n) is 11.3. The molecule has 0 bridgehead atoms. The van der Waals surface area contributed by atoms with Crippen molar-refractivity contribution >= 4 is 58.8 Å². The van der Waals surface area contributed by atoms with Crippen LogP contribution < -0.4 is 25.4 Å². The number of rotatable bonds is 20. The highest BCUT2D eigenvalue weighted by Crippen LogP contribution is 2.48. The number of amides is 3. The summed E-state index contributed by atoms with van der Waals surface area (Å²) in [5.41, 5.74) is -0.578. The van der Waals surface area contributed by atoms with E-state index in [1.165, 1.54) is 16.2 Å². The number of likely N-dealkylation sites (tertiary alicyclic amines) is 1. The van der Waals surface area contributed by atoms with Crippen molar-refractivity contribution in [1.82, 2.24) is 25.5 Å². The van der Waals surface area contributed by atoms with Gasteiger partial charge in [-0.15, -0.1) is 17.9 Å². The van der Waals surface area contributed by atoms with Gasteiger partial charge in [0.2, 0.25) is 11.8 Å². The Morgan fingerprint density at radius 2 is 1.73 bits per heavy atom. The number of aromatic nitrogens is 2. The zero-order valence-corrected chi connectivity index (χ0v) is 39.8. The lowest BCUT2D eigenvalue weighted by atomic mass is 9.85. The van der Waals surface area contributed by atoms with Gasteiger partial charge in [0.05, 0.1) is 37.6 Å². The Hall–Kier alpha value is -4.77. The molecular weight excluding hydrogens is 864 g/mol. The molecule has 6 rings (SSSR count). The minimum atomic E-state index is -3.54. The number of hydrogen-bond acceptors (Lipinski definition) is 15. The Morgan fingerprint density at radius 3 is 2.36 bits per heavy atom. The predicted octanol–water partition coefficient (Wildman–Crippen LogP) is 7.84. The number of hydrogen-bond donors (Lipinski definition) is 3. The lowest BCUT2D eigenvalue weighted by Gasteiger charge is -2.35. The number of alkyl carbamates (subject to hydrolysis) is 1. The Balaban J connectivity index is 1.35. The molecule has 3 aliphatic rings. The van der Waals surface area contributed by atoms with E-state index < -0.39 is 60.6 Å². The topological polar surface area (TPSA) is 206 Å². The van der Waals surface area contributed by atoms with Crippen LogP contribution in [-0.4, -0.2) is 107 Å². The first-order valence-electron chi connectivity index (χ1n) is 22.2. The number of pyridine rings is 1. The number of nitrogens with zero attached hydrogens (tertiary/aromatic N) is 3. The second kappa shape index (κ2) is 20.6. The molecule has 2 saturated carbocycles. The maximum Gasteiger partial charge on any atom is 0.408 e. The summed E-state index contributed by atoms with van der Waals surface area (Å²) in [6.45, 7) is 19.0. The van der Waals surface area contributed by atoms with Crippen molar-refractivity contribution in [3.8, 4) is 22.9 Å². The van der Waals surface area contributed by atoms with Gasteiger partial charge in [0, 0.05) is 41.3 Å². The molecule has 0 spiro atoms. The molecule has 3 aromatic rings. The number of fused-ring (bicyclic) bond motifs is 1. The van der Waals surface area contributed by atoms with Crippen LogP contribution >= 0.6 is 18.9 Å². The zero-order chi connectivity index (χ0) is 46.4. The molecule has 0 radical (unpaired) electrons. The van der Waals surface area contributed by atoms with Crippen LogP contribution in [0.3, 0.4) is 0 Å². The minimum Gasteiger partial charge on any atom is -0.488 e. The third-order valence-corrected chi connectivity index (χ3v) is 13.9. The number of esters is 1. The summed E-state index contributed by atoms with van der Waals surface area (Å²) in [5.74, 6) is -1.25. The fourth-order valence-electron chi connectivity index (χ4n) is 8.10. The highest BCUT2D eigenvalue weighted by Gasteiger charge is 2.62. The van der Waals surface area contributed by atoms with E-state index in [-0.39, 0.29) is 57.2 Å². The first-order valence-corrected chi connectivity index (χ1v) is 24.8. The van der Waals surface area contributed by atoms with Gasteiger partial charge in [-0.2, -0.15) is 0 Å². The molecule has 5 atom stereocenters. The van der Waals surface area contributed by atoms with Crippen LogP contribution in [0.1, 0.15) is 93.9 Å². The maximum absolute atomic E-state index is 14.8. The maximum atomic E-state index is 14.8. The molecule has 3 amide bonds. The standard InChI is InChI=1S/C45H63N6O11PS/c1-10-28-23-45(28,41(54)57-11-2)50-39(52)36-21-31(24-51(36)40(53)38(44(7,8)9)49-43(55)62-29-16-14-15-17-29)61-37-22-34(35-25-64-42(48-35)46-27(5)6)47-33-20-30(18-19-32(33)37)58-26-63(56,59-12-3)60-13-4/h10,18-20,22,25,27-29,31,36,38H,1,11-17,21,23-24,26H2,2-9H3,(H,46,48)(H,49,55)(H,50,52)/t28-,31-,36+,38?,45-/m1/s1. The Labute approximate surface area is 379 Å². The van der Waals surface area contributed by atoms with Gasteiger partial charge in [-0.25, -0.2) is 19.6 Å². The average Bonchev–Trinajstić information content (AvgIpc) is 3.65. The second-order valence-corrected chi connectivity index (χ2v) is 20.6. The van der Waals surface area contributed by atoms with E-state index in [2.05, 4.69) is 22.5 Å². The van der Waals surface area contributed by atoms with Gasteiger partial charge < -0.3 is 48.8 Å². The molecule has 1 aliphatic heterocycles. The minimum absolute atomic E-state index is 0.0379. The van der Waals surface area contributed by atoms with E-state index >= 15 is 0 Å². The summed E-state index contributed by atoms with van der Waals surface area (Å²) >= 11 is 1.43. The van der Waals surface area contributed by atoms with E-state index in [4.69, 9.17) is 38.0 Å². The monoisotopic (exact) mass is 926 g/mol. The van der Waals surface area contributed by atoms with Crippen molar-refractivity contribution in [2.75, 3.05) is 38.0 Å². The summed E-state index contributed by atoms with van der Waals surface area (Å²) < 4.78 is 47.9. The van der Waals surface area contributed by atoms with Crippen LogP contribution in [-0.2, 0) is 37.5 Å². The molecule has 64 heavy (non-hydrogen) atoms. The smallest absolute Gasteiger partial charge is 0.408 e. The Bertz CT molecular complexity index is 2220. The molecule has 3 fully saturated rings. The molecule has 3 heterocycles. The van der Waals surface area contributed by atoms with Gasteiger partial charge in [-0.3, -0.25) is 14.2 Å². The van der Waals surface area contributed by atoms with Crippen molar-refractivity contribution in [2.24, 2.45) is 11.3 Å². The number of benzene rings is 1. The first-order chi connectivity index (χ1) is 30.4. The average molecular weight is 927 g/mol. The van der Waals surface area contributed by atoms with Gasteiger partial charge in [0.15, 0.2) is 11.5 Å². The van der Waals surface area contributed by atoms with Gasteiger partial charge in [-0.1, -0.05) is 26.8 Å². The third kappa shape index (κ3) is 11.5. The number of nitrogens with one attached hydrogen (secondary N) is 3. The van der Waals surface area contributed by atoms with Gasteiger partial charge in [0.1, 0.15) is 47.0 Å². The van der Waals surface area contributed by atoms with Gasteiger partial charge >= 0.3 is 19.7 Å². The predicted molar refractivity (Wildman–Crippen MR) is 243 cm³/mol. The lowest BCUT2D eigenvalue weighted by Crippen LogP contribution is -2.59. The van der Waals surface area contributed by atoms with Crippen LogP contribution in [0.15, 0.2) is 42.3 Å². The van der Waals surface area contributed by atoms with E-state index in [9.17, 15) is 23.7 Å². The number of anilines is 1. The summed E-state index contributed by atoms with van der Waals surface area (Å²) in [4.78, 5) is 67.0. The van der Waals surface area contributed by atoms with Crippen molar-refractivity contribution in [1.29, 1.82) is 0 Å². The molecule has 1 aromatic carbocycles. The molecule has 350 valence electrons. The van der Waals surface area contributed by atoms with Crippen molar-refractivity contribution in [3.63, 3.8) is 0 Å². The van der Waals surface area contributed by atoms with Gasteiger partial charge in [-0.05, 0) is 84.3 Å². The molecule has 3 N–H and O–H groups in total. The Kier molecular flexibility index (Phi) is 15.7. The van der Waals surface area contributed by atoms with Crippen LogP contribution in [0, 0.1) is 11.3 Å². The van der Waals surface area contributed by atoms with Crippen LogP contribution in [0.4, 0.5) is 9.93 Å². The molecule has 2 aromatic heterocycles. The number of ether oxygens (including phenoxy) is 4.